The fourth-order valence-corrected chi connectivity index (χ4v) is 0.829. The number of allylic oxidation sites excluding steroid dienone is 1. The second kappa shape index (κ2) is 3.21. The Morgan fingerprint density at radius 2 is 1.80 bits per heavy atom. The molecule has 0 N–H and O–H groups in total. The van der Waals surface area contributed by atoms with Gasteiger partial charge in [0.15, 0.2) is 0 Å². The zero-order valence-electron chi connectivity index (χ0n) is 6.39. The highest BCUT2D eigenvalue weighted by Gasteiger charge is 1.83. The zero-order valence-corrected chi connectivity index (χ0v) is 6.39. The summed E-state index contributed by atoms with van der Waals surface area (Å²) in [6.45, 7) is 3.99. The first-order chi connectivity index (χ1) is 4.83. The Bertz CT molecular complexity index is 216. The maximum atomic E-state index is 2.98. The summed E-state index contributed by atoms with van der Waals surface area (Å²) >= 11 is 0. The molecule has 51 valence electrons. The van der Waals surface area contributed by atoms with Gasteiger partial charge >= 0.3 is 0 Å². The van der Waals surface area contributed by atoms with Crippen molar-refractivity contribution in [3.63, 3.8) is 0 Å². The third kappa shape index (κ3) is 1.73. The first-order valence-corrected chi connectivity index (χ1v) is 3.40. The smallest absolute Gasteiger partial charge is 0.0254 e. The van der Waals surface area contributed by atoms with Gasteiger partial charge in [-0.1, -0.05) is 35.9 Å². The van der Waals surface area contributed by atoms with E-state index in [1.54, 1.807) is 0 Å². The molecular weight excluding hydrogens is 120 g/mol. The van der Waals surface area contributed by atoms with E-state index in [2.05, 4.69) is 37.3 Å². The fourth-order valence-electron chi connectivity index (χ4n) is 0.829. The molecule has 0 nitrogen and oxygen atoms in total. The van der Waals surface area contributed by atoms with E-state index < -0.39 is 0 Å². The third-order valence-electron chi connectivity index (χ3n) is 1.39. The van der Waals surface area contributed by atoms with Crippen molar-refractivity contribution in [2.24, 2.45) is 0 Å². The first kappa shape index (κ1) is 7.07. The lowest BCUT2D eigenvalue weighted by Crippen LogP contribution is -1.72. The van der Waals surface area contributed by atoms with E-state index in [4.69, 9.17) is 0 Å². The number of hydrogen-bond donors (Lipinski definition) is 0. The Balaban J connectivity index is 2.89. The quantitative estimate of drug-likeness (QED) is 0.549. The van der Waals surface area contributed by atoms with Crippen LogP contribution in [0, 0.1) is 13.0 Å². The largest absolute Gasteiger partial charge is 0.0587 e. The van der Waals surface area contributed by atoms with Crippen molar-refractivity contribution in [2.45, 2.75) is 13.8 Å². The average molecular weight is 131 g/mol. The lowest BCUT2D eigenvalue weighted by Gasteiger charge is -1.92. The van der Waals surface area contributed by atoms with E-state index in [0.29, 0.717) is 0 Å². The Morgan fingerprint density at radius 1 is 1.20 bits per heavy atom. The van der Waals surface area contributed by atoms with Gasteiger partial charge in [0.05, 0.1) is 0 Å². The number of benzene rings is 1. The summed E-state index contributed by atoms with van der Waals surface area (Å²) in [6.07, 6.45) is 4.95. The minimum Gasteiger partial charge on any atom is -0.0587 e. The molecule has 0 saturated heterocycles. The molecule has 0 saturated carbocycles. The van der Waals surface area contributed by atoms with Crippen LogP contribution in [0.25, 0.3) is 6.08 Å². The van der Waals surface area contributed by atoms with E-state index in [0.717, 1.165) is 0 Å². The molecule has 0 unspecified atom stereocenters. The SMILES string of the molecule is C/[C]=C\c1ccc(C)cc1. The minimum absolute atomic E-state index is 1.22. The van der Waals surface area contributed by atoms with Gasteiger partial charge in [0.1, 0.15) is 0 Å². The summed E-state index contributed by atoms with van der Waals surface area (Å²) in [4.78, 5) is 0. The van der Waals surface area contributed by atoms with E-state index in [9.17, 15) is 0 Å². The van der Waals surface area contributed by atoms with E-state index in [1.165, 1.54) is 11.1 Å². The molecule has 0 atom stereocenters. The molecule has 0 aliphatic carbocycles. The molecule has 0 amide bonds. The van der Waals surface area contributed by atoms with Crippen LogP contribution in [-0.2, 0) is 0 Å². The highest BCUT2D eigenvalue weighted by molar-refractivity contribution is 5.47. The number of hydrogen-bond acceptors (Lipinski definition) is 0. The Hall–Kier alpha value is -1.04. The molecule has 0 heterocycles. The third-order valence-corrected chi connectivity index (χ3v) is 1.39. The summed E-state index contributed by atoms with van der Waals surface area (Å²) in [7, 11) is 0. The summed E-state index contributed by atoms with van der Waals surface area (Å²) in [5.41, 5.74) is 2.52. The van der Waals surface area contributed by atoms with E-state index >= 15 is 0 Å². The molecule has 0 heteroatoms. The highest BCUT2D eigenvalue weighted by Crippen LogP contribution is 2.03. The average Bonchev–Trinajstić information content (AvgIpc) is 1.95. The molecule has 0 aliphatic heterocycles. The van der Waals surface area contributed by atoms with Crippen molar-refractivity contribution in [2.75, 3.05) is 0 Å². The molecule has 0 spiro atoms. The van der Waals surface area contributed by atoms with Crippen molar-refractivity contribution >= 4 is 6.08 Å². The van der Waals surface area contributed by atoms with Gasteiger partial charge in [0, 0.05) is 0 Å². The van der Waals surface area contributed by atoms with Crippen LogP contribution in [-0.4, -0.2) is 0 Å². The molecule has 1 aromatic carbocycles. The van der Waals surface area contributed by atoms with Crippen LogP contribution in [0.1, 0.15) is 18.1 Å². The van der Waals surface area contributed by atoms with Crippen molar-refractivity contribution in [3.8, 4) is 0 Å². The molecule has 1 aromatic rings. The normalized spacial score (nSPS) is 10.6. The maximum Gasteiger partial charge on any atom is -0.0254 e. The van der Waals surface area contributed by atoms with E-state index in [1.807, 2.05) is 13.0 Å². The standard InChI is InChI=1S/C10H11/c1-3-4-10-7-5-9(2)6-8-10/h4-8H,1-2H3. The molecule has 10 heavy (non-hydrogen) atoms. The van der Waals surface area contributed by atoms with Crippen LogP contribution in [0.3, 0.4) is 0 Å². The van der Waals surface area contributed by atoms with Crippen LogP contribution >= 0.6 is 0 Å². The molecule has 0 aromatic heterocycles. The molecule has 0 aliphatic rings. The van der Waals surface area contributed by atoms with Gasteiger partial charge in [0.25, 0.3) is 0 Å². The topological polar surface area (TPSA) is 0 Å². The van der Waals surface area contributed by atoms with Crippen molar-refractivity contribution in [1.82, 2.24) is 0 Å². The Kier molecular flexibility index (Phi) is 2.27. The van der Waals surface area contributed by atoms with Gasteiger partial charge in [-0.2, -0.15) is 0 Å². The van der Waals surface area contributed by atoms with Crippen molar-refractivity contribution < 1.29 is 0 Å². The second-order valence-corrected chi connectivity index (χ2v) is 2.34. The van der Waals surface area contributed by atoms with Crippen molar-refractivity contribution in [3.05, 3.63) is 41.5 Å². The number of aryl methyl sites for hydroxylation is 1. The Labute approximate surface area is 62.2 Å². The van der Waals surface area contributed by atoms with Crippen LogP contribution in [0.4, 0.5) is 0 Å². The minimum atomic E-state index is 1.22. The van der Waals surface area contributed by atoms with Crippen LogP contribution < -0.4 is 0 Å². The van der Waals surface area contributed by atoms with Crippen LogP contribution in [0.2, 0.25) is 0 Å². The highest BCUT2D eigenvalue weighted by atomic mass is 13.9. The molecular formula is C10H11. The van der Waals surface area contributed by atoms with Crippen LogP contribution in [0.5, 0.6) is 0 Å². The number of rotatable bonds is 1. The molecule has 0 bridgehead atoms. The lowest BCUT2D eigenvalue weighted by molar-refractivity contribution is 1.46. The van der Waals surface area contributed by atoms with Gasteiger partial charge in [-0.15, -0.1) is 0 Å². The molecule has 1 radical (unpaired) electrons. The van der Waals surface area contributed by atoms with Gasteiger partial charge in [-0.3, -0.25) is 0 Å². The summed E-state index contributed by atoms with van der Waals surface area (Å²) in [5, 5.41) is 0. The predicted molar refractivity (Wildman–Crippen MR) is 44.6 cm³/mol. The predicted octanol–water partition coefficient (Wildman–Crippen LogP) is 2.83. The summed E-state index contributed by atoms with van der Waals surface area (Å²) < 4.78 is 0. The lowest BCUT2D eigenvalue weighted by atomic mass is 10.1. The van der Waals surface area contributed by atoms with Gasteiger partial charge in [0.2, 0.25) is 0 Å². The van der Waals surface area contributed by atoms with Gasteiger partial charge < -0.3 is 0 Å². The maximum absolute atomic E-state index is 2.98. The first-order valence-electron chi connectivity index (χ1n) is 3.40. The van der Waals surface area contributed by atoms with Crippen molar-refractivity contribution in [1.29, 1.82) is 0 Å². The molecule has 1 rings (SSSR count). The van der Waals surface area contributed by atoms with Gasteiger partial charge in [-0.05, 0) is 25.5 Å². The summed E-state index contributed by atoms with van der Waals surface area (Å²) in [6, 6.07) is 8.38. The fraction of sp³-hybridized carbons (Fsp3) is 0.200. The zero-order chi connectivity index (χ0) is 7.40. The van der Waals surface area contributed by atoms with Crippen LogP contribution in [0.15, 0.2) is 24.3 Å². The summed E-state index contributed by atoms with van der Waals surface area (Å²) in [5.74, 6) is 0. The second-order valence-electron chi connectivity index (χ2n) is 2.34. The van der Waals surface area contributed by atoms with E-state index in [-0.39, 0.29) is 0 Å². The Morgan fingerprint density at radius 3 is 2.30 bits per heavy atom. The van der Waals surface area contributed by atoms with Gasteiger partial charge in [-0.25, -0.2) is 0 Å². The molecule has 0 fully saturated rings. The monoisotopic (exact) mass is 131 g/mol.